The van der Waals surface area contributed by atoms with Crippen LogP contribution in [0.3, 0.4) is 0 Å². The Morgan fingerprint density at radius 1 is 1.12 bits per heavy atom. The smallest absolute Gasteiger partial charge is 0.281 e. The van der Waals surface area contributed by atoms with Crippen molar-refractivity contribution in [2.24, 2.45) is 0 Å². The molecule has 0 saturated carbocycles. The summed E-state index contributed by atoms with van der Waals surface area (Å²) < 4.78 is 27.2. The number of hydrogen-bond donors (Lipinski definition) is 0. The normalized spacial score (nSPS) is 18.2. The Labute approximate surface area is 151 Å². The molecule has 140 valence electrons. The highest BCUT2D eigenvalue weighted by atomic mass is 32.2. The van der Waals surface area contributed by atoms with Crippen LogP contribution in [0.4, 0.5) is 0 Å². The van der Waals surface area contributed by atoms with Gasteiger partial charge < -0.3 is 4.90 Å². The van der Waals surface area contributed by atoms with E-state index in [1.165, 1.54) is 28.3 Å². The fourth-order valence-electron chi connectivity index (χ4n) is 2.93. The van der Waals surface area contributed by atoms with Gasteiger partial charge in [-0.2, -0.15) is 17.0 Å². The molecule has 0 spiro atoms. The molecule has 1 fully saturated rings. The van der Waals surface area contributed by atoms with Gasteiger partial charge in [0, 0.05) is 45.8 Å². The zero-order valence-corrected chi connectivity index (χ0v) is 16.4. The Hall–Kier alpha value is -1.44. The van der Waals surface area contributed by atoms with Crippen LogP contribution in [0.2, 0.25) is 0 Å². The summed E-state index contributed by atoms with van der Waals surface area (Å²) >= 11 is 0. The lowest BCUT2D eigenvalue weighted by molar-refractivity contribution is 0.0764. The van der Waals surface area contributed by atoms with Gasteiger partial charge in [-0.3, -0.25) is 4.79 Å². The van der Waals surface area contributed by atoms with E-state index >= 15 is 0 Å². The Morgan fingerprint density at radius 2 is 1.76 bits per heavy atom. The van der Waals surface area contributed by atoms with E-state index in [-0.39, 0.29) is 5.91 Å². The molecule has 1 aliphatic heterocycles. The van der Waals surface area contributed by atoms with Gasteiger partial charge in [-0.1, -0.05) is 26.0 Å². The Kier molecular flexibility index (Phi) is 6.59. The zero-order valence-electron chi connectivity index (χ0n) is 15.6. The molecule has 0 N–H and O–H groups in total. The van der Waals surface area contributed by atoms with Crippen LogP contribution in [0.5, 0.6) is 0 Å². The quantitative estimate of drug-likeness (QED) is 0.801. The van der Waals surface area contributed by atoms with Gasteiger partial charge in [-0.25, -0.2) is 0 Å². The maximum Gasteiger partial charge on any atom is 0.281 e. The van der Waals surface area contributed by atoms with Gasteiger partial charge >= 0.3 is 0 Å². The Balaban J connectivity index is 2.06. The van der Waals surface area contributed by atoms with E-state index in [2.05, 4.69) is 13.8 Å². The molecule has 1 aromatic rings. The predicted molar refractivity (Wildman–Crippen MR) is 99.8 cm³/mol. The van der Waals surface area contributed by atoms with Gasteiger partial charge in [0.05, 0.1) is 0 Å². The zero-order chi connectivity index (χ0) is 18.6. The van der Waals surface area contributed by atoms with Crippen molar-refractivity contribution in [2.45, 2.75) is 32.6 Å². The summed E-state index contributed by atoms with van der Waals surface area (Å²) in [6.07, 6.45) is 1.71. The molecule has 1 heterocycles. The molecule has 0 bridgehead atoms. The Bertz CT molecular complexity index is 686. The maximum absolute atomic E-state index is 12.7. The molecule has 25 heavy (non-hydrogen) atoms. The van der Waals surface area contributed by atoms with E-state index in [1.54, 1.807) is 4.90 Å². The fourth-order valence-corrected chi connectivity index (χ4v) is 4.07. The molecule has 0 aromatic heterocycles. The van der Waals surface area contributed by atoms with Gasteiger partial charge in [0.2, 0.25) is 0 Å². The van der Waals surface area contributed by atoms with Crippen LogP contribution in [-0.4, -0.2) is 68.1 Å². The summed E-state index contributed by atoms with van der Waals surface area (Å²) in [7, 11) is -0.367. The third kappa shape index (κ3) is 4.59. The summed E-state index contributed by atoms with van der Waals surface area (Å²) in [5.74, 6) is 0.451. The highest BCUT2D eigenvalue weighted by Gasteiger charge is 2.28. The van der Waals surface area contributed by atoms with Crippen molar-refractivity contribution >= 4 is 16.1 Å². The molecule has 1 aliphatic rings. The first kappa shape index (κ1) is 19.9. The highest BCUT2D eigenvalue weighted by Crippen LogP contribution is 2.20. The lowest BCUT2D eigenvalue weighted by atomic mass is 9.97. The molecular weight excluding hydrogens is 338 g/mol. The number of nitrogens with zero attached hydrogens (tertiary/aromatic N) is 3. The van der Waals surface area contributed by atoms with E-state index < -0.39 is 10.2 Å². The summed E-state index contributed by atoms with van der Waals surface area (Å²) in [5, 5.41) is 0. The first-order valence-electron chi connectivity index (χ1n) is 8.84. The van der Waals surface area contributed by atoms with Crippen molar-refractivity contribution in [2.75, 3.05) is 40.3 Å². The summed E-state index contributed by atoms with van der Waals surface area (Å²) in [4.78, 5) is 14.5. The van der Waals surface area contributed by atoms with Crippen LogP contribution in [0.1, 0.15) is 48.5 Å². The van der Waals surface area contributed by atoms with E-state index in [0.717, 1.165) is 6.42 Å². The van der Waals surface area contributed by atoms with Gasteiger partial charge in [-0.15, -0.1) is 0 Å². The first-order valence-corrected chi connectivity index (χ1v) is 10.2. The minimum atomic E-state index is -3.43. The molecular formula is C18H29N3O3S. The van der Waals surface area contributed by atoms with E-state index in [0.29, 0.717) is 44.1 Å². The molecule has 1 amide bonds. The van der Waals surface area contributed by atoms with Crippen molar-refractivity contribution in [3.63, 3.8) is 0 Å². The minimum absolute atomic E-state index is 0.0280. The van der Waals surface area contributed by atoms with Crippen LogP contribution in [0.15, 0.2) is 24.3 Å². The fraction of sp³-hybridized carbons (Fsp3) is 0.611. The molecule has 1 unspecified atom stereocenters. The monoisotopic (exact) mass is 367 g/mol. The number of rotatable bonds is 5. The number of amides is 1. The second-order valence-electron chi connectivity index (χ2n) is 6.77. The SMILES string of the molecule is CCC(C)c1ccc(C(=O)N2CCCN(S(=O)(=O)N(C)C)CC2)cc1. The molecule has 1 aromatic carbocycles. The predicted octanol–water partition coefficient (Wildman–Crippen LogP) is 2.15. The number of carbonyl (C=O) groups is 1. The van der Waals surface area contributed by atoms with E-state index in [4.69, 9.17) is 0 Å². The van der Waals surface area contributed by atoms with Gasteiger partial charge in [0.25, 0.3) is 16.1 Å². The number of hydrogen-bond acceptors (Lipinski definition) is 3. The molecule has 0 aliphatic carbocycles. The van der Waals surface area contributed by atoms with Crippen LogP contribution in [0.25, 0.3) is 0 Å². The number of carbonyl (C=O) groups excluding carboxylic acids is 1. The first-order chi connectivity index (χ1) is 11.8. The molecule has 2 rings (SSSR count). The van der Waals surface area contributed by atoms with Crippen molar-refractivity contribution in [1.29, 1.82) is 0 Å². The third-order valence-electron chi connectivity index (χ3n) is 4.87. The van der Waals surface area contributed by atoms with Crippen LogP contribution >= 0.6 is 0 Å². The average Bonchev–Trinajstić information content (AvgIpc) is 2.87. The molecule has 6 nitrogen and oxygen atoms in total. The van der Waals surface area contributed by atoms with Crippen LogP contribution in [0, 0.1) is 0 Å². The van der Waals surface area contributed by atoms with Crippen LogP contribution in [-0.2, 0) is 10.2 Å². The molecule has 0 radical (unpaired) electrons. The summed E-state index contributed by atoms with van der Waals surface area (Å²) in [6.45, 7) is 6.08. The van der Waals surface area contributed by atoms with Gasteiger partial charge in [0.15, 0.2) is 0 Å². The van der Waals surface area contributed by atoms with Crippen LogP contribution < -0.4 is 0 Å². The molecule has 1 atom stereocenters. The van der Waals surface area contributed by atoms with Crippen molar-refractivity contribution in [3.8, 4) is 0 Å². The minimum Gasteiger partial charge on any atom is -0.337 e. The highest BCUT2D eigenvalue weighted by molar-refractivity contribution is 7.86. The number of benzene rings is 1. The molecule has 7 heteroatoms. The lowest BCUT2D eigenvalue weighted by Gasteiger charge is -2.24. The standard InChI is InChI=1S/C18H29N3O3S/c1-5-15(2)16-7-9-17(10-8-16)18(22)20-11-6-12-21(14-13-20)25(23,24)19(3)4/h7-10,15H,5-6,11-14H2,1-4H3. The maximum atomic E-state index is 12.7. The molecule has 1 saturated heterocycles. The van der Waals surface area contributed by atoms with Gasteiger partial charge in [-0.05, 0) is 36.5 Å². The van der Waals surface area contributed by atoms with E-state index in [9.17, 15) is 13.2 Å². The lowest BCUT2D eigenvalue weighted by Crippen LogP contribution is -2.42. The topological polar surface area (TPSA) is 60.9 Å². The van der Waals surface area contributed by atoms with E-state index in [1.807, 2.05) is 24.3 Å². The van der Waals surface area contributed by atoms with Gasteiger partial charge in [0.1, 0.15) is 0 Å². The van der Waals surface area contributed by atoms with Crippen molar-refractivity contribution in [3.05, 3.63) is 35.4 Å². The summed E-state index contributed by atoms with van der Waals surface area (Å²) in [5.41, 5.74) is 1.90. The van der Waals surface area contributed by atoms with Crippen molar-refractivity contribution in [1.82, 2.24) is 13.5 Å². The second-order valence-corrected chi connectivity index (χ2v) is 8.91. The van der Waals surface area contributed by atoms with Crippen molar-refractivity contribution < 1.29 is 13.2 Å². The second kappa shape index (κ2) is 8.29. The average molecular weight is 368 g/mol. The largest absolute Gasteiger partial charge is 0.337 e. The Morgan fingerprint density at radius 3 is 2.32 bits per heavy atom. The summed E-state index contributed by atoms with van der Waals surface area (Å²) in [6, 6.07) is 7.79. The third-order valence-corrected chi connectivity index (χ3v) is 6.81.